The summed E-state index contributed by atoms with van der Waals surface area (Å²) in [5.74, 6) is -0.0746. The number of aromatic nitrogens is 1. The molecule has 0 aliphatic heterocycles. The maximum absolute atomic E-state index is 12.8. The van der Waals surface area contributed by atoms with Crippen LogP contribution in [0, 0.1) is 12.7 Å². The van der Waals surface area contributed by atoms with Crippen molar-refractivity contribution in [2.45, 2.75) is 12.3 Å². The van der Waals surface area contributed by atoms with Gasteiger partial charge in [0.1, 0.15) is 5.82 Å². The largest absolute Gasteiger partial charge is 0.261 e. The molecule has 0 aliphatic carbocycles. The Morgan fingerprint density at radius 2 is 1.88 bits per heavy atom. The summed E-state index contributed by atoms with van der Waals surface area (Å²) >= 11 is 0. The summed E-state index contributed by atoms with van der Waals surface area (Å²) in [6, 6.07) is 12.3. The lowest BCUT2D eigenvalue weighted by molar-refractivity contribution is 0.626. The van der Waals surface area contributed by atoms with Crippen LogP contribution in [0.25, 0.3) is 0 Å². The Morgan fingerprint density at radius 1 is 1.12 bits per heavy atom. The van der Waals surface area contributed by atoms with Crippen LogP contribution >= 0.6 is 0 Å². The van der Waals surface area contributed by atoms with E-state index in [0.29, 0.717) is 6.42 Å². The van der Waals surface area contributed by atoms with Crippen LogP contribution in [-0.2, 0) is 0 Å². The maximum atomic E-state index is 12.8. The minimum Gasteiger partial charge on any atom is -0.261 e. The van der Waals surface area contributed by atoms with Crippen LogP contribution in [0.5, 0.6) is 0 Å². The van der Waals surface area contributed by atoms with Crippen molar-refractivity contribution in [2.24, 2.45) is 0 Å². The molecule has 2 aromatic rings. The maximum Gasteiger partial charge on any atom is 0.123 e. The van der Waals surface area contributed by atoms with Gasteiger partial charge in [0.2, 0.25) is 0 Å². The highest BCUT2D eigenvalue weighted by atomic mass is 19.1. The first-order valence-electron chi connectivity index (χ1n) is 5.27. The molecule has 81 valence electrons. The summed E-state index contributed by atoms with van der Waals surface area (Å²) in [4.78, 5) is 4.31. The number of hydrogen-bond donors (Lipinski definition) is 0. The van der Waals surface area contributed by atoms with Crippen LogP contribution in [0.4, 0.5) is 4.39 Å². The molecule has 0 fully saturated rings. The van der Waals surface area contributed by atoms with E-state index in [9.17, 15) is 4.39 Å². The molecule has 0 amide bonds. The average molecular weight is 214 g/mol. The summed E-state index contributed by atoms with van der Waals surface area (Å²) in [6.45, 7) is 3.93. The fraction of sp³-hybridized carbons (Fsp3) is 0.143. The zero-order valence-corrected chi connectivity index (χ0v) is 8.94. The van der Waals surface area contributed by atoms with E-state index in [0.717, 1.165) is 11.3 Å². The zero-order chi connectivity index (χ0) is 11.4. The molecule has 16 heavy (non-hydrogen) atoms. The fourth-order valence-corrected chi connectivity index (χ4v) is 1.76. The van der Waals surface area contributed by atoms with Crippen molar-refractivity contribution in [1.82, 2.24) is 4.98 Å². The molecule has 1 nitrogen and oxygen atoms in total. The zero-order valence-electron chi connectivity index (χ0n) is 8.94. The van der Waals surface area contributed by atoms with Crippen molar-refractivity contribution in [2.75, 3.05) is 0 Å². The molecule has 1 radical (unpaired) electrons. The minimum absolute atomic E-state index is 0.141. The molecule has 2 heteroatoms. The summed E-state index contributed by atoms with van der Waals surface area (Å²) in [5, 5.41) is 0. The first kappa shape index (κ1) is 10.8. The molecule has 0 spiro atoms. The number of hydrogen-bond acceptors (Lipinski definition) is 1. The topological polar surface area (TPSA) is 12.9 Å². The van der Waals surface area contributed by atoms with Gasteiger partial charge in [-0.1, -0.05) is 25.1 Å². The average Bonchev–Trinajstić information content (AvgIpc) is 2.34. The van der Waals surface area contributed by atoms with E-state index < -0.39 is 0 Å². The molecule has 0 N–H and O–H groups in total. The van der Waals surface area contributed by atoms with E-state index in [1.54, 1.807) is 18.3 Å². The van der Waals surface area contributed by atoms with Gasteiger partial charge in [0, 0.05) is 17.8 Å². The highest BCUT2D eigenvalue weighted by Crippen LogP contribution is 2.25. The Morgan fingerprint density at radius 3 is 2.44 bits per heavy atom. The Kier molecular flexibility index (Phi) is 3.30. The number of benzene rings is 1. The van der Waals surface area contributed by atoms with Crippen LogP contribution in [0.1, 0.15) is 23.6 Å². The molecular formula is C14H13FN. The van der Waals surface area contributed by atoms with Crippen LogP contribution in [0.3, 0.4) is 0 Å². The van der Waals surface area contributed by atoms with Crippen LogP contribution in [-0.4, -0.2) is 4.98 Å². The van der Waals surface area contributed by atoms with Gasteiger partial charge in [-0.2, -0.15) is 0 Å². The Labute approximate surface area is 95.0 Å². The van der Waals surface area contributed by atoms with Crippen molar-refractivity contribution >= 4 is 0 Å². The number of nitrogens with zero attached hydrogens (tertiary/aromatic N) is 1. The third-order valence-corrected chi connectivity index (χ3v) is 2.61. The second kappa shape index (κ2) is 4.88. The normalized spacial score (nSPS) is 12.4. The van der Waals surface area contributed by atoms with E-state index in [1.807, 2.05) is 18.2 Å². The van der Waals surface area contributed by atoms with E-state index >= 15 is 0 Å². The van der Waals surface area contributed by atoms with Crippen molar-refractivity contribution < 1.29 is 4.39 Å². The third-order valence-electron chi connectivity index (χ3n) is 2.61. The summed E-state index contributed by atoms with van der Waals surface area (Å²) in [7, 11) is 0. The highest BCUT2D eigenvalue weighted by Gasteiger charge is 2.12. The molecule has 0 bridgehead atoms. The summed E-state index contributed by atoms with van der Waals surface area (Å²) in [6.07, 6.45) is 2.48. The van der Waals surface area contributed by atoms with Gasteiger partial charge in [0.05, 0.1) is 0 Å². The molecule has 1 unspecified atom stereocenters. The molecule has 2 rings (SSSR count). The first-order chi connectivity index (χ1) is 7.81. The first-order valence-corrected chi connectivity index (χ1v) is 5.27. The van der Waals surface area contributed by atoms with Gasteiger partial charge in [-0.3, -0.25) is 4.98 Å². The smallest absolute Gasteiger partial charge is 0.123 e. The van der Waals surface area contributed by atoms with Crippen molar-refractivity contribution in [1.29, 1.82) is 0 Å². The fourth-order valence-electron chi connectivity index (χ4n) is 1.76. The van der Waals surface area contributed by atoms with E-state index in [-0.39, 0.29) is 11.7 Å². The molecule has 0 aliphatic rings. The lowest BCUT2D eigenvalue weighted by Crippen LogP contribution is -2.01. The number of rotatable bonds is 3. The molecule has 1 atom stereocenters. The van der Waals surface area contributed by atoms with Crippen LogP contribution in [0.15, 0.2) is 48.7 Å². The van der Waals surface area contributed by atoms with E-state index in [1.165, 1.54) is 12.1 Å². The van der Waals surface area contributed by atoms with Gasteiger partial charge in [-0.05, 0) is 36.2 Å². The molecule has 1 heterocycles. The van der Waals surface area contributed by atoms with E-state index in [4.69, 9.17) is 0 Å². The lowest BCUT2D eigenvalue weighted by atomic mass is 9.93. The molecule has 1 aromatic carbocycles. The monoisotopic (exact) mass is 214 g/mol. The van der Waals surface area contributed by atoms with Crippen molar-refractivity contribution in [3.05, 3.63) is 72.7 Å². The Balaban J connectivity index is 2.33. The van der Waals surface area contributed by atoms with Gasteiger partial charge in [0.15, 0.2) is 0 Å². The van der Waals surface area contributed by atoms with Gasteiger partial charge in [-0.25, -0.2) is 4.39 Å². The summed E-state index contributed by atoms with van der Waals surface area (Å²) < 4.78 is 12.8. The lowest BCUT2D eigenvalue weighted by Gasteiger charge is -2.14. The summed E-state index contributed by atoms with van der Waals surface area (Å²) in [5.41, 5.74) is 2.03. The number of pyridine rings is 1. The van der Waals surface area contributed by atoms with E-state index in [2.05, 4.69) is 11.9 Å². The van der Waals surface area contributed by atoms with Crippen LogP contribution in [0.2, 0.25) is 0 Å². The highest BCUT2D eigenvalue weighted by molar-refractivity contribution is 5.28. The molecular weight excluding hydrogens is 201 g/mol. The van der Waals surface area contributed by atoms with Crippen molar-refractivity contribution in [3.63, 3.8) is 0 Å². The van der Waals surface area contributed by atoms with Crippen LogP contribution < -0.4 is 0 Å². The Bertz CT molecular complexity index is 436. The third kappa shape index (κ3) is 2.27. The second-order valence-electron chi connectivity index (χ2n) is 3.65. The predicted molar refractivity (Wildman–Crippen MR) is 62.5 cm³/mol. The number of halogens is 1. The molecule has 1 aromatic heterocycles. The molecule has 0 saturated heterocycles. The van der Waals surface area contributed by atoms with Gasteiger partial charge in [0.25, 0.3) is 0 Å². The SMILES string of the molecule is [CH2]CC(c1ccc(F)cc1)c1ccccn1. The van der Waals surface area contributed by atoms with Crippen molar-refractivity contribution in [3.8, 4) is 0 Å². The molecule has 0 saturated carbocycles. The quantitative estimate of drug-likeness (QED) is 0.761. The minimum atomic E-state index is -0.215. The second-order valence-corrected chi connectivity index (χ2v) is 3.65. The van der Waals surface area contributed by atoms with Gasteiger partial charge >= 0.3 is 0 Å². The van der Waals surface area contributed by atoms with Gasteiger partial charge < -0.3 is 0 Å². The Hall–Kier alpha value is -1.70. The predicted octanol–water partition coefficient (Wildman–Crippen LogP) is 3.58. The standard InChI is InChI=1S/C14H13FN/c1-2-13(14-5-3-4-10-16-14)11-6-8-12(15)9-7-11/h3-10,13H,1-2H2. The van der Waals surface area contributed by atoms with Gasteiger partial charge in [-0.15, -0.1) is 0 Å².